The van der Waals surface area contributed by atoms with Crippen LogP contribution in [0, 0.1) is 0 Å². The largest absolute Gasteiger partial charge is 0.370 e. The summed E-state index contributed by atoms with van der Waals surface area (Å²) in [4.78, 5) is 4.70. The molecule has 29 heavy (non-hydrogen) atoms. The van der Waals surface area contributed by atoms with Crippen LogP contribution in [0.5, 0.6) is 0 Å². The van der Waals surface area contributed by atoms with Crippen molar-refractivity contribution in [3.63, 3.8) is 0 Å². The smallest absolute Gasteiger partial charge is 0.243 e. The molecule has 2 aromatic rings. The van der Waals surface area contributed by atoms with Crippen molar-refractivity contribution in [3.8, 4) is 0 Å². The van der Waals surface area contributed by atoms with E-state index < -0.39 is 10.0 Å². The maximum atomic E-state index is 12.9. The summed E-state index contributed by atoms with van der Waals surface area (Å²) in [5, 5.41) is 3.11. The number of guanidine groups is 1. The minimum absolute atomic E-state index is 0.301. The molecule has 3 rings (SSSR count). The number of rotatable bonds is 6. The van der Waals surface area contributed by atoms with Crippen LogP contribution in [0.1, 0.15) is 50.2 Å². The molecule has 7 heteroatoms. The molecule has 6 nitrogen and oxygen atoms in total. The lowest BCUT2D eigenvalue weighted by atomic mass is 10.0. The van der Waals surface area contributed by atoms with Gasteiger partial charge in [0.05, 0.1) is 11.4 Å². The summed E-state index contributed by atoms with van der Waals surface area (Å²) in [5.74, 6) is 0.731. The second-order valence-electron chi connectivity index (χ2n) is 7.72. The molecule has 1 heterocycles. The molecule has 1 aliphatic rings. The zero-order valence-corrected chi connectivity index (χ0v) is 18.0. The Kier molecular flexibility index (Phi) is 6.92. The van der Waals surface area contributed by atoms with Crippen LogP contribution >= 0.6 is 0 Å². The molecule has 0 amide bonds. The molecule has 1 saturated heterocycles. The highest BCUT2D eigenvalue weighted by atomic mass is 32.2. The Labute approximate surface area is 173 Å². The van der Waals surface area contributed by atoms with Crippen molar-refractivity contribution in [1.82, 2.24) is 4.31 Å². The molecule has 0 radical (unpaired) electrons. The van der Waals surface area contributed by atoms with Crippen LogP contribution in [-0.4, -0.2) is 31.8 Å². The van der Waals surface area contributed by atoms with Crippen LogP contribution in [0.25, 0.3) is 0 Å². The van der Waals surface area contributed by atoms with E-state index in [1.807, 2.05) is 18.2 Å². The Balaban J connectivity index is 1.69. The van der Waals surface area contributed by atoms with Gasteiger partial charge in [0.1, 0.15) is 0 Å². The standard InChI is InChI=1S/C22H30N4O2S/c1-17(2)19-9-7-10-20(15-19)25-22(23)24-16-18-8-6-11-21(14-18)29(27,28)26-12-4-3-5-13-26/h6-11,14-15,17H,3-5,12-13,16H2,1-2H3,(H3,23,24,25). The van der Waals surface area contributed by atoms with Crippen LogP contribution in [0.15, 0.2) is 58.4 Å². The number of piperidine rings is 1. The molecule has 1 fully saturated rings. The number of nitrogens with one attached hydrogen (secondary N) is 1. The highest BCUT2D eigenvalue weighted by Gasteiger charge is 2.25. The van der Waals surface area contributed by atoms with E-state index in [1.165, 1.54) is 5.56 Å². The summed E-state index contributed by atoms with van der Waals surface area (Å²) in [6.45, 7) is 5.78. The molecule has 0 aromatic heterocycles. The fraction of sp³-hybridized carbons (Fsp3) is 0.409. The summed E-state index contributed by atoms with van der Waals surface area (Å²) in [7, 11) is -3.45. The highest BCUT2D eigenvalue weighted by molar-refractivity contribution is 7.89. The van der Waals surface area contributed by atoms with E-state index in [9.17, 15) is 8.42 Å². The lowest BCUT2D eigenvalue weighted by Crippen LogP contribution is -2.35. The van der Waals surface area contributed by atoms with Crippen molar-refractivity contribution in [1.29, 1.82) is 0 Å². The van der Waals surface area contributed by atoms with E-state index in [4.69, 9.17) is 5.73 Å². The first-order chi connectivity index (χ1) is 13.9. The van der Waals surface area contributed by atoms with Crippen molar-refractivity contribution in [2.75, 3.05) is 18.4 Å². The van der Waals surface area contributed by atoms with Gasteiger partial charge in [0, 0.05) is 18.8 Å². The molecule has 0 bridgehead atoms. The van der Waals surface area contributed by atoms with E-state index >= 15 is 0 Å². The third kappa shape index (κ3) is 5.58. The predicted molar refractivity (Wildman–Crippen MR) is 119 cm³/mol. The van der Waals surface area contributed by atoms with E-state index in [0.717, 1.165) is 30.5 Å². The first-order valence-corrected chi connectivity index (χ1v) is 11.6. The van der Waals surface area contributed by atoms with Gasteiger partial charge in [-0.3, -0.25) is 0 Å². The summed E-state index contributed by atoms with van der Waals surface area (Å²) < 4.78 is 27.3. The van der Waals surface area contributed by atoms with Crippen LogP contribution in [0.3, 0.4) is 0 Å². The van der Waals surface area contributed by atoms with Gasteiger partial charge in [0.15, 0.2) is 5.96 Å². The minimum atomic E-state index is -3.45. The molecule has 156 valence electrons. The summed E-state index contributed by atoms with van der Waals surface area (Å²) >= 11 is 0. The lowest BCUT2D eigenvalue weighted by Gasteiger charge is -2.26. The Hall–Kier alpha value is -2.38. The van der Waals surface area contributed by atoms with Gasteiger partial charge in [-0.15, -0.1) is 0 Å². The number of hydrogen-bond donors (Lipinski definition) is 2. The predicted octanol–water partition coefficient (Wildman–Crippen LogP) is 3.91. The summed E-state index contributed by atoms with van der Waals surface area (Å²) in [5.41, 5.74) is 8.95. The second kappa shape index (κ2) is 9.41. The van der Waals surface area contributed by atoms with Crippen LogP contribution < -0.4 is 11.1 Å². The SMILES string of the molecule is CC(C)c1cccc(NC(N)=NCc2cccc(S(=O)(=O)N3CCCCC3)c2)c1. The monoisotopic (exact) mass is 414 g/mol. The van der Waals surface area contributed by atoms with Gasteiger partial charge >= 0.3 is 0 Å². The average molecular weight is 415 g/mol. The molecule has 0 aliphatic carbocycles. The molecule has 0 atom stereocenters. The number of sulfonamides is 1. The van der Waals surface area contributed by atoms with Crippen molar-refractivity contribution in [3.05, 3.63) is 59.7 Å². The van der Waals surface area contributed by atoms with Crippen molar-refractivity contribution >= 4 is 21.7 Å². The molecule has 2 aromatic carbocycles. The van der Waals surface area contributed by atoms with Gasteiger partial charge in [-0.05, 0) is 54.2 Å². The summed E-state index contributed by atoms with van der Waals surface area (Å²) in [6.07, 6.45) is 2.93. The second-order valence-corrected chi connectivity index (χ2v) is 9.66. The maximum Gasteiger partial charge on any atom is 0.243 e. The zero-order valence-electron chi connectivity index (χ0n) is 17.1. The Morgan fingerprint density at radius 1 is 1.10 bits per heavy atom. The third-order valence-corrected chi connectivity index (χ3v) is 7.00. The Morgan fingerprint density at radius 2 is 1.83 bits per heavy atom. The Morgan fingerprint density at radius 3 is 2.55 bits per heavy atom. The molecule has 0 unspecified atom stereocenters. The minimum Gasteiger partial charge on any atom is -0.370 e. The molecule has 1 aliphatic heterocycles. The van der Waals surface area contributed by atoms with Crippen LogP contribution in [0.2, 0.25) is 0 Å². The number of benzene rings is 2. The number of anilines is 1. The van der Waals surface area contributed by atoms with Crippen LogP contribution in [0.4, 0.5) is 5.69 Å². The highest BCUT2D eigenvalue weighted by Crippen LogP contribution is 2.22. The zero-order chi connectivity index (χ0) is 20.9. The number of nitrogens with two attached hydrogens (primary N) is 1. The van der Waals surface area contributed by atoms with Crippen molar-refractivity contribution in [2.45, 2.75) is 50.5 Å². The van der Waals surface area contributed by atoms with Gasteiger partial charge in [0.25, 0.3) is 0 Å². The van der Waals surface area contributed by atoms with Crippen molar-refractivity contribution in [2.24, 2.45) is 10.7 Å². The fourth-order valence-electron chi connectivity index (χ4n) is 3.40. The molecule has 0 spiro atoms. The molecular weight excluding hydrogens is 384 g/mol. The Bertz CT molecular complexity index is 964. The number of nitrogens with zero attached hydrogens (tertiary/aromatic N) is 2. The quantitative estimate of drug-likeness (QED) is 0.554. The lowest BCUT2D eigenvalue weighted by molar-refractivity contribution is 0.346. The first kappa shape index (κ1) is 21.3. The van der Waals surface area contributed by atoms with Gasteiger partial charge in [-0.1, -0.05) is 44.5 Å². The van der Waals surface area contributed by atoms with Gasteiger partial charge in [-0.2, -0.15) is 4.31 Å². The van der Waals surface area contributed by atoms with E-state index in [2.05, 4.69) is 36.3 Å². The molecule has 0 saturated carbocycles. The van der Waals surface area contributed by atoms with Gasteiger partial charge in [0.2, 0.25) is 10.0 Å². The average Bonchev–Trinajstić information content (AvgIpc) is 2.73. The number of aliphatic imine (C=N–C) groups is 1. The first-order valence-electron chi connectivity index (χ1n) is 10.1. The van der Waals surface area contributed by atoms with Crippen molar-refractivity contribution < 1.29 is 8.42 Å². The topological polar surface area (TPSA) is 87.8 Å². The molecule has 3 N–H and O–H groups in total. The fourth-order valence-corrected chi connectivity index (χ4v) is 4.99. The van der Waals surface area contributed by atoms with E-state index in [0.29, 0.717) is 36.4 Å². The van der Waals surface area contributed by atoms with E-state index in [1.54, 1.807) is 22.5 Å². The molecular formula is C22H30N4O2S. The normalized spacial score (nSPS) is 16.2. The van der Waals surface area contributed by atoms with Gasteiger partial charge in [-0.25, -0.2) is 13.4 Å². The van der Waals surface area contributed by atoms with Crippen LogP contribution in [-0.2, 0) is 16.6 Å². The van der Waals surface area contributed by atoms with Gasteiger partial charge < -0.3 is 11.1 Å². The number of hydrogen-bond acceptors (Lipinski definition) is 3. The van der Waals surface area contributed by atoms with E-state index in [-0.39, 0.29) is 0 Å². The maximum absolute atomic E-state index is 12.9. The third-order valence-electron chi connectivity index (χ3n) is 5.11. The summed E-state index contributed by atoms with van der Waals surface area (Å²) in [6, 6.07) is 15.0.